The average molecular weight is 221 g/mol. The van der Waals surface area contributed by atoms with E-state index >= 15 is 0 Å². The first-order valence-electron chi connectivity index (χ1n) is 6.61. The second-order valence-electron chi connectivity index (χ2n) is 6.05. The summed E-state index contributed by atoms with van der Waals surface area (Å²) in [6.07, 6.45) is 4.21. The number of quaternary nitrogens is 1. The van der Waals surface area contributed by atoms with Crippen molar-refractivity contribution in [2.75, 3.05) is 28.2 Å². The molecule has 0 radical (unpaired) electrons. The Morgan fingerprint density at radius 2 is 1.50 bits per heavy atom. The third-order valence-corrected chi connectivity index (χ3v) is 2.31. The van der Waals surface area contributed by atoms with Gasteiger partial charge in [-0.05, 0) is 7.28 Å². The van der Waals surface area contributed by atoms with E-state index in [0.717, 1.165) is 4.48 Å². The molecule has 0 amide bonds. The highest BCUT2D eigenvalue weighted by Crippen LogP contribution is 1.93. The lowest BCUT2D eigenvalue weighted by Gasteiger charge is -2.14. The lowest BCUT2D eigenvalue weighted by Crippen LogP contribution is -2.27. The molecular formula is C14H28BN. The summed E-state index contributed by atoms with van der Waals surface area (Å²) in [5.74, 6) is 0. The van der Waals surface area contributed by atoms with Gasteiger partial charge in [-0.1, -0.05) is 50.1 Å². The summed E-state index contributed by atoms with van der Waals surface area (Å²) in [5, 5.41) is 0. The van der Waals surface area contributed by atoms with Crippen molar-refractivity contribution in [2.24, 2.45) is 0 Å². The molecule has 0 saturated heterocycles. The van der Waals surface area contributed by atoms with Crippen LogP contribution in [0.3, 0.4) is 0 Å². The van der Waals surface area contributed by atoms with Crippen LogP contribution in [-0.4, -0.2) is 40.0 Å². The van der Waals surface area contributed by atoms with Gasteiger partial charge >= 0.3 is 0 Å². The molecule has 0 heterocycles. The highest BCUT2D eigenvalue weighted by atomic mass is 15.2. The summed E-state index contributed by atoms with van der Waals surface area (Å²) < 4.78 is 1.00. The quantitative estimate of drug-likeness (QED) is 0.414. The van der Waals surface area contributed by atoms with Gasteiger partial charge in [0.25, 0.3) is 0 Å². The maximum Gasteiger partial charge on any atom is 0.0675 e. The molecule has 0 aliphatic heterocycles. The number of benzene rings is 1. The van der Waals surface area contributed by atoms with E-state index in [4.69, 9.17) is 0 Å². The van der Waals surface area contributed by atoms with E-state index in [1.54, 1.807) is 5.46 Å². The SMILES string of the molecule is CCCC[BH2-]c1ccccc1.C[N+](C)(C)C. The zero-order chi connectivity index (χ0) is 12.4. The summed E-state index contributed by atoms with van der Waals surface area (Å²) in [6, 6.07) is 10.9. The molecule has 1 aromatic carbocycles. The van der Waals surface area contributed by atoms with Gasteiger partial charge < -0.3 is 4.48 Å². The first kappa shape index (κ1) is 15.2. The molecule has 1 nitrogen and oxygen atoms in total. The minimum absolute atomic E-state index is 0.194. The number of hydrogen-bond donors (Lipinski definition) is 0. The topological polar surface area (TPSA) is 0 Å². The molecule has 1 rings (SSSR count). The van der Waals surface area contributed by atoms with Gasteiger partial charge in [0.15, 0.2) is 0 Å². The van der Waals surface area contributed by atoms with Crippen molar-refractivity contribution in [3.05, 3.63) is 30.3 Å². The second kappa shape index (κ2) is 8.40. The van der Waals surface area contributed by atoms with Crippen LogP contribution in [0.25, 0.3) is 0 Å². The van der Waals surface area contributed by atoms with Gasteiger partial charge in [-0.3, -0.25) is 0 Å². The molecule has 1 aromatic rings. The molecule has 0 bridgehead atoms. The van der Waals surface area contributed by atoms with E-state index < -0.39 is 0 Å². The van der Waals surface area contributed by atoms with E-state index in [0.29, 0.717) is 0 Å². The number of hydrogen-bond acceptors (Lipinski definition) is 0. The van der Waals surface area contributed by atoms with E-state index in [-0.39, 0.29) is 7.28 Å². The predicted octanol–water partition coefficient (Wildman–Crippen LogP) is 2.02. The van der Waals surface area contributed by atoms with E-state index in [2.05, 4.69) is 65.4 Å². The zero-order valence-corrected chi connectivity index (χ0v) is 12.0. The Kier molecular flexibility index (Phi) is 8.01. The largest absolute Gasteiger partial charge is 0.333 e. The Morgan fingerprint density at radius 1 is 1.00 bits per heavy atom. The summed E-state index contributed by atoms with van der Waals surface area (Å²) in [6.45, 7) is 2.26. The molecule has 0 aromatic heterocycles. The molecule has 0 atom stereocenters. The van der Waals surface area contributed by atoms with Gasteiger partial charge in [-0.15, -0.1) is 0 Å². The first-order valence-corrected chi connectivity index (χ1v) is 6.61. The monoisotopic (exact) mass is 221 g/mol. The Bertz CT molecular complexity index is 245. The van der Waals surface area contributed by atoms with Crippen molar-refractivity contribution in [1.82, 2.24) is 0 Å². The highest BCUT2D eigenvalue weighted by Gasteiger charge is 1.88. The van der Waals surface area contributed by atoms with Gasteiger partial charge in [0.05, 0.1) is 28.2 Å². The lowest BCUT2D eigenvalue weighted by atomic mass is 9.66. The van der Waals surface area contributed by atoms with Crippen LogP contribution in [0.4, 0.5) is 0 Å². The number of unbranched alkanes of at least 4 members (excludes halogenated alkanes) is 1. The third-order valence-electron chi connectivity index (χ3n) is 2.31. The molecule has 16 heavy (non-hydrogen) atoms. The number of rotatable bonds is 4. The zero-order valence-electron chi connectivity index (χ0n) is 12.0. The molecule has 0 fully saturated rings. The van der Waals surface area contributed by atoms with Crippen molar-refractivity contribution < 1.29 is 4.48 Å². The van der Waals surface area contributed by atoms with Crippen molar-refractivity contribution in [3.8, 4) is 0 Å². The Balaban J connectivity index is 0.000000385. The van der Waals surface area contributed by atoms with Crippen LogP contribution >= 0.6 is 0 Å². The molecule has 0 aliphatic carbocycles. The summed E-state index contributed by atoms with van der Waals surface area (Å²) >= 11 is 0. The smallest absolute Gasteiger partial charge is 0.0675 e. The fourth-order valence-electron chi connectivity index (χ4n) is 1.59. The van der Waals surface area contributed by atoms with E-state index in [1.165, 1.54) is 19.2 Å². The molecule has 0 aliphatic rings. The van der Waals surface area contributed by atoms with Gasteiger partial charge in [0.1, 0.15) is 0 Å². The average Bonchev–Trinajstić information content (AvgIpc) is 2.17. The maximum absolute atomic E-state index is 2.26. The molecule has 2 heteroatoms. The minimum atomic E-state index is 0.194. The van der Waals surface area contributed by atoms with Crippen molar-refractivity contribution in [1.29, 1.82) is 0 Å². The molecular weight excluding hydrogens is 193 g/mol. The van der Waals surface area contributed by atoms with Crippen LogP contribution in [0.2, 0.25) is 6.32 Å². The molecule has 0 N–H and O–H groups in total. The number of nitrogens with zero attached hydrogens (tertiary/aromatic N) is 1. The summed E-state index contributed by atoms with van der Waals surface area (Å²) in [4.78, 5) is 0. The van der Waals surface area contributed by atoms with Crippen LogP contribution in [0.5, 0.6) is 0 Å². The van der Waals surface area contributed by atoms with Crippen molar-refractivity contribution in [3.63, 3.8) is 0 Å². The van der Waals surface area contributed by atoms with E-state index in [9.17, 15) is 0 Å². The standard InChI is InChI=1S/C10H16B.C4H12N/c1-2-3-9-11-10-7-5-4-6-8-10;1-5(2,3)4/h4-8H,2-3,9,11H2,1H3;1-4H3/q-1;+1. The highest BCUT2D eigenvalue weighted by molar-refractivity contribution is 6.53. The second-order valence-corrected chi connectivity index (χ2v) is 6.05. The Morgan fingerprint density at radius 3 is 1.94 bits per heavy atom. The van der Waals surface area contributed by atoms with Gasteiger partial charge in [0.2, 0.25) is 0 Å². The molecule has 0 spiro atoms. The third kappa shape index (κ3) is 13.2. The fourth-order valence-corrected chi connectivity index (χ4v) is 1.59. The van der Waals surface area contributed by atoms with Gasteiger partial charge in [-0.25, -0.2) is 5.46 Å². The van der Waals surface area contributed by atoms with E-state index in [1.807, 2.05) is 0 Å². The minimum Gasteiger partial charge on any atom is -0.333 e. The fraction of sp³-hybridized carbons (Fsp3) is 0.571. The molecule has 0 saturated carbocycles. The van der Waals surface area contributed by atoms with Crippen LogP contribution in [0, 0.1) is 0 Å². The summed E-state index contributed by atoms with van der Waals surface area (Å²) in [5.41, 5.74) is 1.60. The normalized spacial score (nSPS) is 10.6. The predicted molar refractivity (Wildman–Crippen MR) is 78.3 cm³/mol. The first-order chi connectivity index (χ1) is 7.43. The van der Waals surface area contributed by atoms with Crippen LogP contribution in [0.1, 0.15) is 19.8 Å². The Hall–Kier alpha value is -0.755. The lowest BCUT2D eigenvalue weighted by molar-refractivity contribution is -0.849. The molecule has 0 unspecified atom stereocenters. The van der Waals surface area contributed by atoms with Crippen molar-refractivity contribution >= 4 is 12.7 Å². The maximum atomic E-state index is 2.26. The Labute approximate surface area is 102 Å². The van der Waals surface area contributed by atoms with Gasteiger partial charge in [0, 0.05) is 0 Å². The van der Waals surface area contributed by atoms with Crippen LogP contribution in [0.15, 0.2) is 30.3 Å². The summed E-state index contributed by atoms with van der Waals surface area (Å²) in [7, 11) is 8.69. The van der Waals surface area contributed by atoms with Gasteiger partial charge in [-0.2, -0.15) is 6.32 Å². The van der Waals surface area contributed by atoms with Crippen LogP contribution in [-0.2, 0) is 0 Å². The molecule has 92 valence electrons. The van der Waals surface area contributed by atoms with Crippen molar-refractivity contribution in [2.45, 2.75) is 26.1 Å². The van der Waals surface area contributed by atoms with Crippen LogP contribution < -0.4 is 5.46 Å².